The van der Waals surface area contributed by atoms with E-state index in [0.717, 1.165) is 0 Å². The van der Waals surface area contributed by atoms with Crippen molar-refractivity contribution in [2.45, 2.75) is 39.9 Å². The van der Waals surface area contributed by atoms with E-state index in [1.165, 1.54) is 13.1 Å². The van der Waals surface area contributed by atoms with Gasteiger partial charge in [-0.1, -0.05) is 13.8 Å². The Kier molecular flexibility index (Phi) is 5.19. The molecule has 0 aliphatic rings. The SMILES string of the molecule is CNc1cc(N(CC(C)C)C(C)C)nc(C(F)(F)F)n1. The van der Waals surface area contributed by atoms with Crippen LogP contribution in [0.15, 0.2) is 6.07 Å². The molecule has 114 valence electrons. The smallest absolute Gasteiger partial charge is 0.373 e. The van der Waals surface area contributed by atoms with Crippen LogP contribution in [0.25, 0.3) is 0 Å². The van der Waals surface area contributed by atoms with Crippen LogP contribution in [0.2, 0.25) is 0 Å². The number of anilines is 2. The quantitative estimate of drug-likeness (QED) is 0.902. The summed E-state index contributed by atoms with van der Waals surface area (Å²) >= 11 is 0. The van der Waals surface area contributed by atoms with Crippen molar-refractivity contribution in [1.29, 1.82) is 0 Å². The van der Waals surface area contributed by atoms with Gasteiger partial charge in [0.1, 0.15) is 11.6 Å². The van der Waals surface area contributed by atoms with E-state index in [4.69, 9.17) is 0 Å². The molecule has 1 heterocycles. The Morgan fingerprint density at radius 3 is 2.20 bits per heavy atom. The van der Waals surface area contributed by atoms with Gasteiger partial charge in [-0.3, -0.25) is 0 Å². The predicted molar refractivity (Wildman–Crippen MR) is 73.9 cm³/mol. The summed E-state index contributed by atoms with van der Waals surface area (Å²) in [5.74, 6) is -0.342. The van der Waals surface area contributed by atoms with Crippen molar-refractivity contribution in [2.24, 2.45) is 5.92 Å². The fourth-order valence-electron chi connectivity index (χ4n) is 1.80. The molecule has 0 aromatic carbocycles. The number of aromatic nitrogens is 2. The lowest BCUT2D eigenvalue weighted by atomic mass is 10.2. The van der Waals surface area contributed by atoms with Gasteiger partial charge in [0.05, 0.1) is 0 Å². The summed E-state index contributed by atoms with van der Waals surface area (Å²) in [4.78, 5) is 9.00. The molecule has 0 aliphatic carbocycles. The van der Waals surface area contributed by atoms with Gasteiger partial charge in [0.25, 0.3) is 0 Å². The second-order valence-corrected chi connectivity index (χ2v) is 5.32. The second-order valence-electron chi connectivity index (χ2n) is 5.32. The molecule has 0 fully saturated rings. The molecule has 1 aromatic rings. The number of nitrogens with one attached hydrogen (secondary N) is 1. The molecular formula is C13H21F3N4. The summed E-state index contributed by atoms with van der Waals surface area (Å²) < 4.78 is 38.5. The Bertz CT molecular complexity index is 444. The van der Waals surface area contributed by atoms with Crippen molar-refractivity contribution in [1.82, 2.24) is 9.97 Å². The van der Waals surface area contributed by atoms with Crippen molar-refractivity contribution in [3.63, 3.8) is 0 Å². The number of hydrogen-bond donors (Lipinski definition) is 1. The Hall–Kier alpha value is -1.53. The molecule has 0 bridgehead atoms. The molecule has 4 nitrogen and oxygen atoms in total. The van der Waals surface area contributed by atoms with E-state index in [9.17, 15) is 13.2 Å². The Balaban J connectivity index is 3.27. The molecule has 0 radical (unpaired) electrons. The number of rotatable bonds is 5. The predicted octanol–water partition coefficient (Wildman–Crippen LogP) is 3.41. The summed E-state index contributed by atoms with van der Waals surface area (Å²) in [6.07, 6.45) is -4.55. The molecule has 0 aliphatic heterocycles. The highest BCUT2D eigenvalue weighted by molar-refractivity contribution is 5.50. The first-order valence-electron chi connectivity index (χ1n) is 6.55. The third-order valence-corrected chi connectivity index (χ3v) is 2.70. The lowest BCUT2D eigenvalue weighted by molar-refractivity contribution is -0.144. The lowest BCUT2D eigenvalue weighted by Gasteiger charge is -2.30. The highest BCUT2D eigenvalue weighted by atomic mass is 19.4. The van der Waals surface area contributed by atoms with E-state index in [-0.39, 0.29) is 11.9 Å². The molecule has 0 unspecified atom stereocenters. The summed E-state index contributed by atoms with van der Waals surface area (Å²) in [7, 11) is 1.54. The number of nitrogens with zero attached hydrogens (tertiary/aromatic N) is 3. The fourth-order valence-corrected chi connectivity index (χ4v) is 1.80. The van der Waals surface area contributed by atoms with Crippen LogP contribution in [0, 0.1) is 5.92 Å². The van der Waals surface area contributed by atoms with Gasteiger partial charge >= 0.3 is 6.18 Å². The zero-order chi connectivity index (χ0) is 15.5. The highest BCUT2D eigenvalue weighted by Gasteiger charge is 2.36. The Labute approximate surface area is 117 Å². The minimum Gasteiger partial charge on any atom is -0.373 e. The molecule has 0 saturated heterocycles. The van der Waals surface area contributed by atoms with Crippen LogP contribution >= 0.6 is 0 Å². The van der Waals surface area contributed by atoms with Crippen LogP contribution in [-0.4, -0.2) is 29.6 Å². The van der Waals surface area contributed by atoms with Gasteiger partial charge in [-0.15, -0.1) is 0 Å². The van der Waals surface area contributed by atoms with E-state index < -0.39 is 12.0 Å². The number of halogens is 3. The van der Waals surface area contributed by atoms with Gasteiger partial charge in [0.2, 0.25) is 5.82 Å². The molecule has 7 heteroatoms. The van der Waals surface area contributed by atoms with Crippen LogP contribution in [-0.2, 0) is 6.18 Å². The zero-order valence-corrected chi connectivity index (χ0v) is 12.4. The van der Waals surface area contributed by atoms with Crippen molar-refractivity contribution in [3.05, 3.63) is 11.9 Å². The minimum absolute atomic E-state index is 0.0538. The van der Waals surface area contributed by atoms with Gasteiger partial charge in [-0.25, -0.2) is 9.97 Å². The molecular weight excluding hydrogens is 269 g/mol. The minimum atomic E-state index is -4.55. The molecule has 1 rings (SSSR count). The van der Waals surface area contributed by atoms with Crippen LogP contribution in [0.1, 0.15) is 33.5 Å². The first-order valence-corrected chi connectivity index (χ1v) is 6.55. The van der Waals surface area contributed by atoms with Crippen LogP contribution in [0.4, 0.5) is 24.8 Å². The van der Waals surface area contributed by atoms with Crippen molar-refractivity contribution in [3.8, 4) is 0 Å². The molecule has 1 aromatic heterocycles. The average molecular weight is 290 g/mol. The van der Waals surface area contributed by atoms with Gasteiger partial charge in [0.15, 0.2) is 0 Å². The van der Waals surface area contributed by atoms with Gasteiger partial charge < -0.3 is 10.2 Å². The van der Waals surface area contributed by atoms with E-state index in [1.54, 1.807) is 0 Å². The van der Waals surface area contributed by atoms with Gasteiger partial charge in [-0.2, -0.15) is 13.2 Å². The summed E-state index contributed by atoms with van der Waals surface area (Å²) in [5.41, 5.74) is 0. The molecule has 1 N–H and O–H groups in total. The normalized spacial score (nSPS) is 12.1. The van der Waals surface area contributed by atoms with Crippen LogP contribution in [0.3, 0.4) is 0 Å². The molecule has 0 saturated carbocycles. The standard InChI is InChI=1S/C13H21F3N4/c1-8(2)7-20(9(3)4)11-6-10(17-5)18-12(19-11)13(14,15)16/h6,8-9H,7H2,1-5H3,(H,17,18,19). The number of hydrogen-bond acceptors (Lipinski definition) is 4. The highest BCUT2D eigenvalue weighted by Crippen LogP contribution is 2.29. The Morgan fingerprint density at radius 2 is 1.80 bits per heavy atom. The molecule has 0 spiro atoms. The third kappa shape index (κ3) is 4.25. The number of alkyl halides is 3. The monoisotopic (exact) mass is 290 g/mol. The zero-order valence-electron chi connectivity index (χ0n) is 12.4. The maximum Gasteiger partial charge on any atom is 0.451 e. The molecule has 0 amide bonds. The van der Waals surface area contributed by atoms with E-state index >= 15 is 0 Å². The van der Waals surface area contributed by atoms with Crippen LogP contribution in [0.5, 0.6) is 0 Å². The van der Waals surface area contributed by atoms with E-state index in [1.807, 2.05) is 32.6 Å². The molecule has 20 heavy (non-hydrogen) atoms. The van der Waals surface area contributed by atoms with Gasteiger partial charge in [-0.05, 0) is 19.8 Å². The third-order valence-electron chi connectivity index (χ3n) is 2.70. The molecule has 0 atom stereocenters. The lowest BCUT2D eigenvalue weighted by Crippen LogP contribution is -2.35. The Morgan fingerprint density at radius 1 is 1.20 bits per heavy atom. The average Bonchev–Trinajstić information content (AvgIpc) is 2.33. The van der Waals surface area contributed by atoms with E-state index in [0.29, 0.717) is 18.3 Å². The topological polar surface area (TPSA) is 41.0 Å². The maximum atomic E-state index is 12.8. The largest absolute Gasteiger partial charge is 0.451 e. The van der Waals surface area contributed by atoms with Gasteiger partial charge in [0, 0.05) is 25.7 Å². The first-order chi connectivity index (χ1) is 9.15. The van der Waals surface area contributed by atoms with Crippen molar-refractivity contribution >= 4 is 11.6 Å². The summed E-state index contributed by atoms with van der Waals surface area (Å²) in [5, 5.41) is 2.65. The fraction of sp³-hybridized carbons (Fsp3) is 0.692. The van der Waals surface area contributed by atoms with Crippen LogP contribution < -0.4 is 10.2 Å². The van der Waals surface area contributed by atoms with Crippen molar-refractivity contribution in [2.75, 3.05) is 23.8 Å². The van der Waals surface area contributed by atoms with Crippen molar-refractivity contribution < 1.29 is 13.2 Å². The van der Waals surface area contributed by atoms with E-state index in [2.05, 4.69) is 15.3 Å². The summed E-state index contributed by atoms with van der Waals surface area (Å²) in [6, 6.07) is 1.59. The summed E-state index contributed by atoms with van der Waals surface area (Å²) in [6.45, 7) is 8.52. The first kappa shape index (κ1) is 16.5. The maximum absolute atomic E-state index is 12.8. The second kappa shape index (κ2) is 6.28.